The van der Waals surface area contributed by atoms with Crippen LogP contribution in [0.15, 0.2) is 18.2 Å². The van der Waals surface area contributed by atoms with Gasteiger partial charge in [-0.25, -0.2) is 9.59 Å². The standard InChI is InChI=1S/C12H18Cl2N2O2.C2H2O4/c13-11-2-1-10(9-12(11)14)18-8-7-17-6-5-16-4-3-15;3-1(4)2(5)6/h1-2,9,16H,3-8,15H2;(H,3,4)(H,5,6). The van der Waals surface area contributed by atoms with Crippen molar-refractivity contribution >= 4 is 35.1 Å². The first-order valence-corrected chi connectivity index (χ1v) is 7.66. The predicted molar refractivity (Wildman–Crippen MR) is 90.0 cm³/mol. The van der Waals surface area contributed by atoms with Crippen LogP contribution in [-0.4, -0.2) is 61.6 Å². The van der Waals surface area contributed by atoms with Crippen LogP contribution >= 0.6 is 23.2 Å². The minimum Gasteiger partial charge on any atom is -0.491 e. The summed E-state index contributed by atoms with van der Waals surface area (Å²) < 4.78 is 10.8. The molecule has 0 saturated heterocycles. The highest BCUT2D eigenvalue weighted by Crippen LogP contribution is 2.26. The highest BCUT2D eigenvalue weighted by atomic mass is 35.5. The molecule has 0 fully saturated rings. The van der Waals surface area contributed by atoms with E-state index in [9.17, 15) is 0 Å². The molecule has 0 aliphatic rings. The summed E-state index contributed by atoms with van der Waals surface area (Å²) in [5.41, 5.74) is 5.33. The first-order valence-electron chi connectivity index (χ1n) is 6.91. The lowest BCUT2D eigenvalue weighted by atomic mass is 10.3. The third-order valence-corrected chi connectivity index (χ3v) is 3.05. The number of nitrogens with one attached hydrogen (secondary N) is 1. The van der Waals surface area contributed by atoms with Crippen molar-refractivity contribution in [3.63, 3.8) is 0 Å². The van der Waals surface area contributed by atoms with E-state index in [-0.39, 0.29) is 0 Å². The van der Waals surface area contributed by atoms with Crippen molar-refractivity contribution in [3.8, 4) is 5.75 Å². The minimum absolute atomic E-state index is 0.481. The van der Waals surface area contributed by atoms with Gasteiger partial charge in [0, 0.05) is 25.7 Å². The molecule has 0 bridgehead atoms. The van der Waals surface area contributed by atoms with Gasteiger partial charge in [-0.3, -0.25) is 0 Å². The Hall–Kier alpha value is -1.58. The summed E-state index contributed by atoms with van der Waals surface area (Å²) in [6, 6.07) is 5.17. The second-order valence-electron chi connectivity index (χ2n) is 4.19. The van der Waals surface area contributed by atoms with Gasteiger partial charge in [0.05, 0.1) is 23.3 Å². The third-order valence-electron chi connectivity index (χ3n) is 2.31. The molecule has 0 radical (unpaired) electrons. The molecular weight excluding hydrogens is 363 g/mol. The Labute approximate surface area is 149 Å². The average Bonchev–Trinajstić information content (AvgIpc) is 2.54. The average molecular weight is 383 g/mol. The number of ether oxygens (including phenoxy) is 2. The predicted octanol–water partition coefficient (Wildman–Crippen LogP) is 1.09. The fourth-order valence-corrected chi connectivity index (χ4v) is 1.55. The highest BCUT2D eigenvalue weighted by Gasteiger charge is 2.04. The molecule has 0 aliphatic carbocycles. The minimum atomic E-state index is -1.82. The Balaban J connectivity index is 0.000000754. The van der Waals surface area contributed by atoms with Crippen LogP contribution in [0.2, 0.25) is 10.0 Å². The second-order valence-corrected chi connectivity index (χ2v) is 5.00. The fraction of sp³-hybridized carbons (Fsp3) is 0.429. The Morgan fingerprint density at radius 3 is 2.25 bits per heavy atom. The van der Waals surface area contributed by atoms with E-state index >= 15 is 0 Å². The molecule has 0 amide bonds. The number of hydrogen-bond donors (Lipinski definition) is 4. The van der Waals surface area contributed by atoms with Crippen LogP contribution in [0.5, 0.6) is 5.75 Å². The van der Waals surface area contributed by atoms with Gasteiger partial charge in [0.15, 0.2) is 0 Å². The Morgan fingerprint density at radius 2 is 1.71 bits per heavy atom. The molecule has 136 valence electrons. The fourth-order valence-electron chi connectivity index (χ4n) is 1.26. The molecule has 1 rings (SSSR count). The first kappa shape index (κ1) is 22.4. The maximum atomic E-state index is 9.10. The molecule has 1 aromatic carbocycles. The van der Waals surface area contributed by atoms with E-state index in [2.05, 4.69) is 5.32 Å². The molecule has 10 heteroatoms. The number of hydrogen-bond acceptors (Lipinski definition) is 6. The quantitative estimate of drug-likeness (QED) is 0.368. The van der Waals surface area contributed by atoms with Crippen molar-refractivity contribution in [1.82, 2.24) is 5.32 Å². The van der Waals surface area contributed by atoms with Crippen molar-refractivity contribution in [2.45, 2.75) is 0 Å². The van der Waals surface area contributed by atoms with Gasteiger partial charge in [-0.05, 0) is 12.1 Å². The molecule has 5 N–H and O–H groups in total. The van der Waals surface area contributed by atoms with E-state index in [1.807, 2.05) is 0 Å². The maximum absolute atomic E-state index is 9.10. The normalized spacial score (nSPS) is 9.79. The van der Waals surface area contributed by atoms with Gasteiger partial charge in [0.2, 0.25) is 0 Å². The van der Waals surface area contributed by atoms with E-state index < -0.39 is 11.9 Å². The van der Waals surface area contributed by atoms with E-state index in [1.54, 1.807) is 18.2 Å². The summed E-state index contributed by atoms with van der Waals surface area (Å²) in [6.45, 7) is 3.90. The van der Waals surface area contributed by atoms with E-state index in [4.69, 9.17) is 58.2 Å². The van der Waals surface area contributed by atoms with Crippen LogP contribution in [0.1, 0.15) is 0 Å². The summed E-state index contributed by atoms with van der Waals surface area (Å²) in [4.78, 5) is 18.2. The van der Waals surface area contributed by atoms with Gasteiger partial charge in [-0.1, -0.05) is 23.2 Å². The molecule has 0 unspecified atom stereocenters. The maximum Gasteiger partial charge on any atom is 0.414 e. The number of carbonyl (C=O) groups is 2. The van der Waals surface area contributed by atoms with E-state index in [0.717, 1.165) is 13.1 Å². The molecule has 1 aromatic rings. The zero-order chi connectivity index (χ0) is 18.4. The number of rotatable bonds is 9. The van der Waals surface area contributed by atoms with Crippen LogP contribution in [0.25, 0.3) is 0 Å². The number of halogens is 2. The van der Waals surface area contributed by atoms with Gasteiger partial charge in [0.1, 0.15) is 12.4 Å². The van der Waals surface area contributed by atoms with Gasteiger partial charge >= 0.3 is 11.9 Å². The molecule has 0 heterocycles. The number of nitrogens with two attached hydrogens (primary N) is 1. The highest BCUT2D eigenvalue weighted by molar-refractivity contribution is 6.42. The summed E-state index contributed by atoms with van der Waals surface area (Å²) in [7, 11) is 0. The summed E-state index contributed by atoms with van der Waals surface area (Å²) >= 11 is 11.7. The van der Waals surface area contributed by atoms with Crippen molar-refractivity contribution in [1.29, 1.82) is 0 Å². The first-order chi connectivity index (χ1) is 11.4. The molecule has 0 atom stereocenters. The van der Waals surface area contributed by atoms with Gasteiger partial charge in [0.25, 0.3) is 0 Å². The largest absolute Gasteiger partial charge is 0.491 e. The van der Waals surface area contributed by atoms with Gasteiger partial charge in [-0.15, -0.1) is 0 Å². The molecule has 8 nitrogen and oxygen atoms in total. The van der Waals surface area contributed by atoms with Crippen LogP contribution in [0.3, 0.4) is 0 Å². The SMILES string of the molecule is NCCNCCOCCOc1ccc(Cl)c(Cl)c1.O=C(O)C(=O)O. The molecule has 0 aliphatic heterocycles. The zero-order valence-corrected chi connectivity index (χ0v) is 14.3. The lowest BCUT2D eigenvalue weighted by Crippen LogP contribution is -2.26. The van der Waals surface area contributed by atoms with Crippen LogP contribution in [-0.2, 0) is 14.3 Å². The second kappa shape index (κ2) is 13.8. The topological polar surface area (TPSA) is 131 Å². The molecule has 0 spiro atoms. The summed E-state index contributed by atoms with van der Waals surface area (Å²) in [5.74, 6) is -2.96. The number of carboxylic acid groups (broad SMARTS) is 2. The number of aliphatic carboxylic acids is 2. The molecule has 0 aromatic heterocycles. The smallest absolute Gasteiger partial charge is 0.414 e. The number of carboxylic acids is 2. The summed E-state index contributed by atoms with van der Waals surface area (Å²) in [6.07, 6.45) is 0. The molecular formula is C14H20Cl2N2O6. The van der Waals surface area contributed by atoms with Gasteiger partial charge < -0.3 is 30.7 Å². The Bertz CT molecular complexity index is 504. The Morgan fingerprint density at radius 1 is 1.04 bits per heavy atom. The van der Waals surface area contributed by atoms with Gasteiger partial charge in [-0.2, -0.15) is 0 Å². The molecule has 0 saturated carbocycles. The number of benzene rings is 1. The monoisotopic (exact) mass is 382 g/mol. The van der Waals surface area contributed by atoms with Crippen molar-refractivity contribution < 1.29 is 29.3 Å². The van der Waals surface area contributed by atoms with Crippen molar-refractivity contribution in [2.24, 2.45) is 5.73 Å². The van der Waals surface area contributed by atoms with Crippen molar-refractivity contribution in [2.75, 3.05) is 39.5 Å². The molecule has 24 heavy (non-hydrogen) atoms. The lowest BCUT2D eigenvalue weighted by molar-refractivity contribution is -0.159. The Kier molecular flexibility index (Phi) is 12.9. The lowest BCUT2D eigenvalue weighted by Gasteiger charge is -2.08. The third kappa shape index (κ3) is 11.9. The van der Waals surface area contributed by atoms with Crippen molar-refractivity contribution in [3.05, 3.63) is 28.2 Å². The zero-order valence-electron chi connectivity index (χ0n) is 12.8. The van der Waals surface area contributed by atoms with E-state index in [0.29, 0.717) is 42.2 Å². The van der Waals surface area contributed by atoms with E-state index in [1.165, 1.54) is 0 Å². The summed E-state index contributed by atoms with van der Waals surface area (Å²) in [5, 5.41) is 18.9. The van der Waals surface area contributed by atoms with Crippen LogP contribution < -0.4 is 15.8 Å². The van der Waals surface area contributed by atoms with Crippen LogP contribution in [0.4, 0.5) is 0 Å². The van der Waals surface area contributed by atoms with Crippen LogP contribution in [0, 0.1) is 0 Å².